The van der Waals surface area contributed by atoms with Gasteiger partial charge in [0.15, 0.2) is 0 Å². The van der Waals surface area contributed by atoms with E-state index in [4.69, 9.17) is 17.7 Å². The van der Waals surface area contributed by atoms with Crippen LogP contribution in [0.1, 0.15) is 86.1 Å². The number of anilines is 8. The summed E-state index contributed by atoms with van der Waals surface area (Å²) in [6.07, 6.45) is 32.7. The van der Waals surface area contributed by atoms with Crippen molar-refractivity contribution >= 4 is 221 Å². The Labute approximate surface area is 834 Å². The lowest BCUT2D eigenvalue weighted by atomic mass is 9.82. The lowest BCUT2D eigenvalue weighted by molar-refractivity contribution is 0.615. The van der Waals surface area contributed by atoms with Gasteiger partial charge >= 0.3 is 0 Å². The summed E-state index contributed by atoms with van der Waals surface area (Å²) in [6.45, 7) is 4.72. The van der Waals surface area contributed by atoms with Crippen LogP contribution in [0.3, 0.4) is 0 Å². The van der Waals surface area contributed by atoms with Gasteiger partial charge in [0, 0.05) is 184 Å². The van der Waals surface area contributed by atoms with Crippen molar-refractivity contribution in [1.82, 2.24) is 13.5 Å². The average Bonchev–Trinajstić information content (AvgIpc) is 1.55. The van der Waals surface area contributed by atoms with E-state index in [0.29, 0.717) is 11.8 Å². The van der Waals surface area contributed by atoms with Gasteiger partial charge in [0.05, 0.1) is 39.1 Å². The van der Waals surface area contributed by atoms with Crippen molar-refractivity contribution in [2.24, 2.45) is 0 Å². The van der Waals surface area contributed by atoms with E-state index in [1.165, 1.54) is 149 Å². The van der Waals surface area contributed by atoms with Crippen molar-refractivity contribution in [3.8, 4) is 22.3 Å². The molecule has 33 rings (SSSR count). The molecule has 5 aliphatic carbocycles. The number of benzene rings is 18. The van der Waals surface area contributed by atoms with Crippen LogP contribution in [0.2, 0.25) is 0 Å². The second-order valence-corrected chi connectivity index (χ2v) is 40.6. The van der Waals surface area contributed by atoms with Crippen LogP contribution in [-0.4, -0.2) is 13.5 Å². The van der Waals surface area contributed by atoms with Crippen LogP contribution in [0, 0.1) is 0 Å². The van der Waals surface area contributed by atoms with E-state index in [2.05, 4.69) is 443 Å². The molecule has 0 saturated carbocycles. The van der Waals surface area contributed by atoms with Crippen LogP contribution >= 0.6 is 0 Å². The molecular formula is C135H92N6O4. The molecule has 2 aliphatic heterocycles. The lowest BCUT2D eigenvalue weighted by Crippen LogP contribution is -2.18. The van der Waals surface area contributed by atoms with E-state index in [1.54, 1.807) is 0 Å². The lowest BCUT2D eigenvalue weighted by Gasteiger charge is -2.31. The van der Waals surface area contributed by atoms with E-state index in [1.807, 2.05) is 42.5 Å². The number of nitrogens with zero attached hydrogens (tertiary/aromatic N) is 6. The number of rotatable bonds is 11. The Morgan fingerprint density at radius 3 is 1.30 bits per heavy atom. The van der Waals surface area contributed by atoms with Crippen molar-refractivity contribution in [3.63, 3.8) is 0 Å². The number of hydrogen-bond donors (Lipinski definition) is 0. The summed E-state index contributed by atoms with van der Waals surface area (Å²) in [5.41, 5.74) is 41.2. The second kappa shape index (κ2) is 31.4. The fourth-order valence-electron chi connectivity index (χ4n) is 25.9. The number of fused-ring (bicyclic) bond motifs is 33. The molecule has 3 unspecified atom stereocenters. The summed E-state index contributed by atoms with van der Waals surface area (Å²) < 4.78 is 33.0. The molecule has 10 heterocycles. The molecule has 686 valence electrons. The fourth-order valence-corrected chi connectivity index (χ4v) is 25.9. The topological polar surface area (TPSA) is 76.6 Å². The predicted molar refractivity (Wildman–Crippen MR) is 603 cm³/mol. The summed E-state index contributed by atoms with van der Waals surface area (Å²) in [5.74, 6) is 0.620. The Balaban J connectivity index is 0.0000000991. The smallest absolute Gasteiger partial charge is 0.137 e. The van der Waals surface area contributed by atoms with Gasteiger partial charge in [-0.15, -0.1) is 0 Å². The number of allylic oxidation sites excluding steroid dienone is 16. The highest BCUT2D eigenvalue weighted by atomic mass is 16.3. The van der Waals surface area contributed by atoms with Gasteiger partial charge in [0.25, 0.3) is 0 Å². The molecule has 0 spiro atoms. The maximum Gasteiger partial charge on any atom is 0.137 e. The number of para-hydroxylation sites is 8. The largest absolute Gasteiger partial charge is 0.456 e. The maximum atomic E-state index is 6.46. The Hall–Kier alpha value is -18.1. The average molecular weight is 1860 g/mol. The van der Waals surface area contributed by atoms with Gasteiger partial charge in [-0.2, -0.15) is 0 Å². The summed E-state index contributed by atoms with van der Waals surface area (Å²) in [6, 6.07) is 135. The summed E-state index contributed by atoms with van der Waals surface area (Å²) in [7, 11) is 0. The van der Waals surface area contributed by atoms with Crippen molar-refractivity contribution < 1.29 is 17.7 Å². The van der Waals surface area contributed by atoms with E-state index in [9.17, 15) is 0 Å². The minimum absolute atomic E-state index is 0.103. The number of aromatic nitrogens is 3. The van der Waals surface area contributed by atoms with Crippen molar-refractivity contribution in [3.05, 3.63) is 482 Å². The second-order valence-electron chi connectivity index (χ2n) is 40.6. The minimum atomic E-state index is -0.103. The van der Waals surface area contributed by atoms with Gasteiger partial charge in [-0.1, -0.05) is 269 Å². The molecule has 3 atom stereocenters. The Morgan fingerprint density at radius 2 is 0.724 bits per heavy atom. The Bertz CT molecular complexity index is 10200. The first-order valence-corrected chi connectivity index (χ1v) is 50.8. The molecule has 10 heteroatoms. The van der Waals surface area contributed by atoms with Crippen molar-refractivity contribution in [2.45, 2.75) is 69.2 Å². The molecule has 7 aliphatic rings. The fraction of sp³-hybridized carbons (Fsp3) is 0.0815. The molecule has 8 aromatic heterocycles. The first-order valence-electron chi connectivity index (χ1n) is 50.8. The molecule has 0 fully saturated rings. The van der Waals surface area contributed by atoms with Gasteiger partial charge in [0.2, 0.25) is 0 Å². The van der Waals surface area contributed by atoms with Crippen LogP contribution in [0.25, 0.3) is 197 Å². The summed E-state index contributed by atoms with van der Waals surface area (Å²) in [4.78, 5) is 7.31. The zero-order chi connectivity index (χ0) is 95.1. The number of furan rings is 4. The molecule has 18 aromatic carbocycles. The van der Waals surface area contributed by atoms with Crippen LogP contribution in [0.5, 0.6) is 0 Å². The van der Waals surface area contributed by atoms with Crippen molar-refractivity contribution in [2.75, 3.05) is 14.7 Å². The molecule has 10 nitrogen and oxygen atoms in total. The van der Waals surface area contributed by atoms with Crippen LogP contribution in [-0.2, 0) is 5.41 Å². The highest BCUT2D eigenvalue weighted by Gasteiger charge is 2.40. The minimum Gasteiger partial charge on any atom is -0.456 e. The van der Waals surface area contributed by atoms with Gasteiger partial charge < -0.3 is 45.9 Å². The quantitative estimate of drug-likeness (QED) is 0.128. The molecule has 26 aromatic rings. The third-order valence-electron chi connectivity index (χ3n) is 32.5. The summed E-state index contributed by atoms with van der Waals surface area (Å²) >= 11 is 0. The zero-order valence-corrected chi connectivity index (χ0v) is 79.7. The normalized spacial score (nSPS) is 16.2. The first kappa shape index (κ1) is 81.7. The van der Waals surface area contributed by atoms with E-state index in [-0.39, 0.29) is 11.5 Å². The molecule has 0 saturated heterocycles. The van der Waals surface area contributed by atoms with E-state index >= 15 is 0 Å². The third-order valence-corrected chi connectivity index (χ3v) is 32.5. The molecule has 145 heavy (non-hydrogen) atoms. The molecule has 0 bridgehead atoms. The van der Waals surface area contributed by atoms with Crippen LogP contribution < -0.4 is 14.7 Å². The van der Waals surface area contributed by atoms with Gasteiger partial charge in [0.1, 0.15) is 44.7 Å². The third kappa shape index (κ3) is 12.3. The van der Waals surface area contributed by atoms with Crippen LogP contribution in [0.4, 0.5) is 45.5 Å². The molecular weight excluding hydrogens is 1770 g/mol. The highest BCUT2D eigenvalue weighted by molar-refractivity contribution is 6.25. The van der Waals surface area contributed by atoms with Gasteiger partial charge in [-0.25, -0.2) is 0 Å². The predicted octanol–water partition coefficient (Wildman–Crippen LogP) is 37.6. The Kier molecular flexibility index (Phi) is 17.7. The SMILES string of the molecule is C1=CCC2C(=C1)n1c3ccccc3c3cc(N(c4ccc5c(c4)oc4ccccc45)c4ccc5c(c4)oc4ccccc45)cc2c31.C1=CCCC(C2=CC=C(N(c3ccc(-c4ccc5c(c4)oc4ccccc45)cc3)c3cc4c5ccccc5n5c6ccccc6c(c3)c45)CC2)=C1.CC1(C)c2ccccc2-c2ccc(N(c3ccc4c(c3)oc3ccccc34)c3cc4c5c(c3)c3ccccc3n5C3C=CC=CC43)cc21. The van der Waals surface area contributed by atoms with Gasteiger partial charge in [-0.3, -0.25) is 0 Å². The van der Waals surface area contributed by atoms with Gasteiger partial charge in [-0.05, 0) is 258 Å². The Morgan fingerprint density at radius 1 is 0.283 bits per heavy atom. The van der Waals surface area contributed by atoms with Crippen LogP contribution in [0.15, 0.2) is 477 Å². The molecule has 0 radical (unpaired) electrons. The monoisotopic (exact) mass is 1860 g/mol. The molecule has 0 amide bonds. The maximum absolute atomic E-state index is 6.46. The first-order chi connectivity index (χ1) is 71.6. The van der Waals surface area contributed by atoms with E-state index in [0.717, 1.165) is 165 Å². The highest BCUT2D eigenvalue weighted by Crippen LogP contribution is 2.58. The van der Waals surface area contributed by atoms with E-state index < -0.39 is 0 Å². The van der Waals surface area contributed by atoms with Crippen molar-refractivity contribution in [1.29, 1.82) is 0 Å². The zero-order valence-electron chi connectivity index (χ0n) is 79.7. The standard InChI is InChI=1S/C48H34N2O.C45H32N2O.C42H26N2O2/c1-2-10-31(11-3-1)32-18-23-35(24-19-32)49(36-25-20-33(21-26-36)34-22-27-41-40-14-6-9-17-46(40)51-47(41)28-34)37-29-42-38-12-4-7-15-44(38)50-45-16-8-5-13-39(45)43(30-37)48(42)50;1-45(2)38-15-7-3-11-30(38)31-21-19-27(25-39(31)45)46(28-20-22-35-34-14-6-10-18-42(34)48-43(35)26-28)29-23-36-32-12-4-8-16-40(32)47-41-17-9-5-13-33(41)37(24-29)44(36)47;1-5-13-36-28(9-1)34-21-27(22-35-29-10-2-6-14-37(29)44(36)42(34)35)43(25-17-19-32-30-11-3-7-15-38(30)45-40(32)23-25)26-18-20-33-31-12-4-8-16-39(31)46-41(33)24-26/h1-2,4-10,12-18,20-23,25-30H,3,11,19,24H2;3-26,32,40H,1-2H3;1-9,11-24,29H,10H2. The molecule has 0 N–H and O–H groups in total. The number of hydrogen-bond acceptors (Lipinski definition) is 7. The summed E-state index contributed by atoms with van der Waals surface area (Å²) in [5, 5.41) is 19.4.